The summed E-state index contributed by atoms with van der Waals surface area (Å²) in [6.45, 7) is 4.12. The molecule has 1 rings (SSSR count). The molecule has 1 aromatic heterocycles. The average Bonchev–Trinajstić information content (AvgIpc) is 2.73. The number of hydrogen-bond acceptors (Lipinski definition) is 6. The van der Waals surface area contributed by atoms with Crippen molar-refractivity contribution in [1.82, 2.24) is 14.1 Å². The van der Waals surface area contributed by atoms with E-state index in [9.17, 15) is 13.2 Å². The Morgan fingerprint density at radius 1 is 1.52 bits per heavy atom. The minimum Gasteiger partial charge on any atom is -0.469 e. The number of nitrogens with two attached hydrogens (primary N) is 1. The molecule has 0 aliphatic carbocycles. The predicted octanol–water partition coefficient (Wildman–Crippen LogP) is 0.212. The molecule has 8 nitrogen and oxygen atoms in total. The molecule has 21 heavy (non-hydrogen) atoms. The second-order valence-electron chi connectivity index (χ2n) is 5.14. The van der Waals surface area contributed by atoms with E-state index >= 15 is 0 Å². The molecule has 1 heterocycles. The summed E-state index contributed by atoms with van der Waals surface area (Å²) in [5.74, 6) is -0.405. The topological polar surface area (TPSA) is 108 Å². The van der Waals surface area contributed by atoms with Crippen LogP contribution in [0.25, 0.3) is 0 Å². The molecule has 1 aromatic rings. The predicted molar refractivity (Wildman–Crippen MR) is 77.9 cm³/mol. The number of hydrogen-bond donors (Lipinski definition) is 1. The molecular weight excluding hydrogens is 296 g/mol. The molecule has 0 aromatic carbocycles. The highest BCUT2D eigenvalue weighted by Gasteiger charge is 2.29. The van der Waals surface area contributed by atoms with Crippen molar-refractivity contribution >= 4 is 21.8 Å². The van der Waals surface area contributed by atoms with Crippen LogP contribution < -0.4 is 5.73 Å². The molecule has 0 aliphatic heterocycles. The van der Waals surface area contributed by atoms with Crippen LogP contribution in [0, 0.1) is 5.92 Å². The van der Waals surface area contributed by atoms with Gasteiger partial charge in [0.25, 0.3) is 0 Å². The van der Waals surface area contributed by atoms with Crippen LogP contribution in [0.15, 0.2) is 11.1 Å². The largest absolute Gasteiger partial charge is 0.469 e. The summed E-state index contributed by atoms with van der Waals surface area (Å²) in [7, 11) is -0.932. The molecule has 0 amide bonds. The molecule has 0 atom stereocenters. The monoisotopic (exact) mass is 318 g/mol. The molecule has 0 radical (unpaired) electrons. The fourth-order valence-electron chi connectivity index (χ4n) is 1.86. The third kappa shape index (κ3) is 4.43. The van der Waals surface area contributed by atoms with Gasteiger partial charge in [-0.3, -0.25) is 9.48 Å². The summed E-state index contributed by atoms with van der Waals surface area (Å²) in [5.41, 5.74) is 5.65. The van der Waals surface area contributed by atoms with Crippen LogP contribution >= 0.6 is 0 Å². The lowest BCUT2D eigenvalue weighted by Gasteiger charge is -2.23. The van der Waals surface area contributed by atoms with Gasteiger partial charge in [-0.2, -0.15) is 9.40 Å². The number of esters is 1. The summed E-state index contributed by atoms with van der Waals surface area (Å²) >= 11 is 0. The number of nitrogen functional groups attached to an aromatic ring is 1. The van der Waals surface area contributed by atoms with Crippen molar-refractivity contribution in [2.24, 2.45) is 13.0 Å². The summed E-state index contributed by atoms with van der Waals surface area (Å²) < 4.78 is 32.4. The smallest absolute Gasteiger partial charge is 0.306 e. The first-order valence-electron chi connectivity index (χ1n) is 6.54. The molecule has 0 bridgehead atoms. The highest BCUT2D eigenvalue weighted by molar-refractivity contribution is 7.89. The summed E-state index contributed by atoms with van der Waals surface area (Å²) in [5, 5.41) is 3.85. The van der Waals surface area contributed by atoms with E-state index in [0.717, 1.165) is 0 Å². The van der Waals surface area contributed by atoms with Crippen molar-refractivity contribution in [3.05, 3.63) is 6.20 Å². The zero-order valence-corrected chi connectivity index (χ0v) is 13.6. The van der Waals surface area contributed by atoms with Gasteiger partial charge in [0.15, 0.2) is 5.82 Å². The van der Waals surface area contributed by atoms with Crippen molar-refractivity contribution in [2.75, 3.05) is 25.9 Å². The van der Waals surface area contributed by atoms with Crippen molar-refractivity contribution in [1.29, 1.82) is 0 Å². The number of aromatic nitrogens is 2. The quantitative estimate of drug-likeness (QED) is 0.720. The van der Waals surface area contributed by atoms with Gasteiger partial charge in [0, 0.05) is 26.3 Å². The van der Waals surface area contributed by atoms with Gasteiger partial charge in [-0.15, -0.1) is 0 Å². The Morgan fingerprint density at radius 3 is 2.57 bits per heavy atom. The first kappa shape index (κ1) is 17.4. The Morgan fingerprint density at radius 2 is 2.14 bits per heavy atom. The highest BCUT2D eigenvalue weighted by Crippen LogP contribution is 2.22. The summed E-state index contributed by atoms with van der Waals surface area (Å²) in [6.07, 6.45) is 1.35. The van der Waals surface area contributed by atoms with Crippen LogP contribution in [0.4, 0.5) is 5.82 Å². The molecular formula is C12H22N4O4S. The molecule has 0 saturated carbocycles. The third-order valence-electron chi connectivity index (χ3n) is 2.80. The lowest BCUT2D eigenvalue weighted by Crippen LogP contribution is -2.36. The zero-order chi connectivity index (χ0) is 16.2. The van der Waals surface area contributed by atoms with Crippen molar-refractivity contribution < 1.29 is 17.9 Å². The van der Waals surface area contributed by atoms with Gasteiger partial charge in [-0.1, -0.05) is 13.8 Å². The Hall–Kier alpha value is -1.61. The Balaban J connectivity index is 3.05. The standard InChI is InChI=1S/C12H22N4O4S/c1-9(2)7-16(6-5-11(17)20-4)21(18,19)10-8-15(3)14-12(10)13/h8-9H,5-7H2,1-4H3,(H2,13,14). The molecule has 120 valence electrons. The van der Waals surface area contributed by atoms with Gasteiger partial charge in [0.1, 0.15) is 4.90 Å². The minimum atomic E-state index is -3.79. The van der Waals surface area contributed by atoms with E-state index in [2.05, 4.69) is 9.84 Å². The molecule has 0 unspecified atom stereocenters. The number of carbonyl (C=O) groups is 1. The van der Waals surface area contributed by atoms with Gasteiger partial charge < -0.3 is 10.5 Å². The van der Waals surface area contributed by atoms with E-state index in [1.807, 2.05) is 13.8 Å². The summed E-state index contributed by atoms with van der Waals surface area (Å²) in [4.78, 5) is 11.2. The second kappa shape index (κ2) is 6.90. The van der Waals surface area contributed by atoms with Crippen molar-refractivity contribution in [3.8, 4) is 0 Å². The SMILES string of the molecule is COC(=O)CCN(CC(C)C)S(=O)(=O)c1cn(C)nc1N. The summed E-state index contributed by atoms with van der Waals surface area (Å²) in [6, 6.07) is 0. The number of ether oxygens (including phenoxy) is 1. The molecule has 0 saturated heterocycles. The number of methoxy groups -OCH3 is 1. The first-order chi connectivity index (χ1) is 9.68. The van der Waals surface area contributed by atoms with Gasteiger partial charge in [-0.05, 0) is 5.92 Å². The van der Waals surface area contributed by atoms with Crippen molar-refractivity contribution in [3.63, 3.8) is 0 Å². The molecule has 0 aliphatic rings. The van der Waals surface area contributed by atoms with Gasteiger partial charge in [-0.25, -0.2) is 8.42 Å². The van der Waals surface area contributed by atoms with Gasteiger partial charge in [0.2, 0.25) is 10.0 Å². The fraction of sp³-hybridized carbons (Fsp3) is 0.667. The maximum Gasteiger partial charge on any atom is 0.306 e. The van der Waals surface area contributed by atoms with Crippen LogP contribution in [-0.4, -0.2) is 48.7 Å². The molecule has 0 spiro atoms. The number of carbonyl (C=O) groups excluding carboxylic acids is 1. The first-order valence-corrected chi connectivity index (χ1v) is 7.98. The minimum absolute atomic E-state index is 0.0113. The van der Waals surface area contributed by atoms with Crippen LogP contribution in [0.1, 0.15) is 20.3 Å². The van der Waals surface area contributed by atoms with E-state index in [4.69, 9.17) is 5.73 Å². The number of nitrogens with zero attached hydrogens (tertiary/aromatic N) is 3. The van der Waals surface area contributed by atoms with E-state index < -0.39 is 16.0 Å². The Labute approximate surface area is 124 Å². The van der Waals surface area contributed by atoms with Gasteiger partial charge >= 0.3 is 5.97 Å². The van der Waals surface area contributed by atoms with E-state index in [0.29, 0.717) is 0 Å². The van der Waals surface area contributed by atoms with E-state index in [1.54, 1.807) is 7.05 Å². The van der Waals surface area contributed by atoms with Gasteiger partial charge in [0.05, 0.1) is 13.5 Å². The number of sulfonamides is 1. The lowest BCUT2D eigenvalue weighted by molar-refractivity contribution is -0.140. The van der Waals surface area contributed by atoms with Crippen LogP contribution in [0.2, 0.25) is 0 Å². The van der Waals surface area contributed by atoms with E-state index in [-0.39, 0.29) is 36.1 Å². The van der Waals surface area contributed by atoms with Crippen LogP contribution in [-0.2, 0) is 26.6 Å². The third-order valence-corrected chi connectivity index (χ3v) is 4.68. The average molecular weight is 318 g/mol. The molecule has 2 N–H and O–H groups in total. The normalized spacial score (nSPS) is 12.1. The van der Waals surface area contributed by atoms with E-state index in [1.165, 1.54) is 22.3 Å². The maximum absolute atomic E-state index is 12.6. The van der Waals surface area contributed by atoms with Crippen LogP contribution in [0.5, 0.6) is 0 Å². The highest BCUT2D eigenvalue weighted by atomic mass is 32.2. The maximum atomic E-state index is 12.6. The zero-order valence-electron chi connectivity index (χ0n) is 12.7. The number of anilines is 1. The lowest BCUT2D eigenvalue weighted by atomic mass is 10.2. The number of rotatable bonds is 7. The Kier molecular flexibility index (Phi) is 5.73. The van der Waals surface area contributed by atoms with Crippen molar-refractivity contribution in [2.45, 2.75) is 25.2 Å². The molecule has 0 fully saturated rings. The number of aryl methyl sites for hydroxylation is 1. The second-order valence-corrected chi connectivity index (χ2v) is 7.04. The van der Waals surface area contributed by atoms with Crippen LogP contribution in [0.3, 0.4) is 0 Å². The molecule has 9 heteroatoms. The Bertz CT molecular complexity index is 594. The fourth-order valence-corrected chi connectivity index (χ4v) is 3.55.